The second-order valence-corrected chi connectivity index (χ2v) is 8.08. The quantitative estimate of drug-likeness (QED) is 0.362. The number of benzene rings is 3. The van der Waals surface area contributed by atoms with Gasteiger partial charge in [-0.25, -0.2) is 13.6 Å². The SMILES string of the molecule is NS(=O)(=O)c1cccc(NC(=O)c2ccccc2Nc2cccc(-c3nn[nH]n3)c2)c1. The van der Waals surface area contributed by atoms with Gasteiger partial charge in [-0.15, -0.1) is 10.2 Å². The number of anilines is 3. The Hall–Kier alpha value is -4.09. The standard InChI is InChI=1S/C20H17N7O3S/c21-31(29,30)16-8-4-7-15(12-16)23-20(28)17-9-1-2-10-18(17)22-14-6-3-5-13(11-14)19-24-26-27-25-19/h1-12,22H,(H,23,28)(H2,21,29,30)(H,24,25,26,27). The summed E-state index contributed by atoms with van der Waals surface area (Å²) in [5.74, 6) is 0.0356. The highest BCUT2D eigenvalue weighted by Crippen LogP contribution is 2.25. The van der Waals surface area contributed by atoms with Gasteiger partial charge in [-0.05, 0) is 47.7 Å². The van der Waals surface area contributed by atoms with Crippen molar-refractivity contribution in [3.8, 4) is 11.4 Å². The van der Waals surface area contributed by atoms with Gasteiger partial charge in [-0.3, -0.25) is 4.79 Å². The van der Waals surface area contributed by atoms with Gasteiger partial charge < -0.3 is 10.6 Å². The maximum atomic E-state index is 12.9. The molecule has 0 saturated carbocycles. The molecule has 3 aromatic carbocycles. The molecule has 4 rings (SSSR count). The molecule has 5 N–H and O–H groups in total. The van der Waals surface area contributed by atoms with Crippen LogP contribution in [-0.2, 0) is 10.0 Å². The first-order valence-electron chi connectivity index (χ1n) is 9.04. The Bertz CT molecular complexity index is 1340. The number of hydrogen-bond acceptors (Lipinski definition) is 7. The summed E-state index contributed by atoms with van der Waals surface area (Å²) in [5, 5.41) is 25.0. The molecule has 10 nitrogen and oxygen atoms in total. The first-order valence-corrected chi connectivity index (χ1v) is 10.6. The van der Waals surface area contributed by atoms with Crippen LogP contribution in [0, 0.1) is 0 Å². The number of sulfonamides is 1. The number of hydrogen-bond donors (Lipinski definition) is 4. The van der Waals surface area contributed by atoms with Gasteiger partial charge in [0.1, 0.15) is 0 Å². The highest BCUT2D eigenvalue weighted by atomic mass is 32.2. The van der Waals surface area contributed by atoms with E-state index in [0.29, 0.717) is 22.8 Å². The summed E-state index contributed by atoms with van der Waals surface area (Å²) in [6.07, 6.45) is 0. The minimum atomic E-state index is -3.88. The van der Waals surface area contributed by atoms with E-state index in [9.17, 15) is 13.2 Å². The van der Waals surface area contributed by atoms with Crippen LogP contribution in [0.1, 0.15) is 10.4 Å². The van der Waals surface area contributed by atoms with Crippen LogP contribution in [0.15, 0.2) is 77.7 Å². The lowest BCUT2D eigenvalue weighted by molar-refractivity contribution is 0.102. The van der Waals surface area contributed by atoms with E-state index in [-0.39, 0.29) is 4.90 Å². The second kappa shape index (κ2) is 8.34. The number of tetrazole rings is 1. The summed E-state index contributed by atoms with van der Waals surface area (Å²) >= 11 is 0. The Morgan fingerprint density at radius 1 is 0.935 bits per heavy atom. The fraction of sp³-hybridized carbons (Fsp3) is 0. The normalized spacial score (nSPS) is 11.1. The van der Waals surface area contributed by atoms with Crippen molar-refractivity contribution in [1.82, 2.24) is 20.6 Å². The molecule has 11 heteroatoms. The summed E-state index contributed by atoms with van der Waals surface area (Å²) in [6, 6.07) is 20.0. The van der Waals surface area contributed by atoms with E-state index in [1.165, 1.54) is 18.2 Å². The van der Waals surface area contributed by atoms with Crippen molar-refractivity contribution in [2.75, 3.05) is 10.6 Å². The average molecular weight is 435 g/mol. The molecule has 1 heterocycles. The fourth-order valence-electron chi connectivity index (χ4n) is 2.92. The Morgan fingerprint density at radius 3 is 2.48 bits per heavy atom. The van der Waals surface area contributed by atoms with Gasteiger partial charge in [0.05, 0.1) is 16.1 Å². The third kappa shape index (κ3) is 4.74. The summed E-state index contributed by atoms with van der Waals surface area (Å²) in [7, 11) is -3.88. The van der Waals surface area contributed by atoms with Gasteiger partial charge in [-0.2, -0.15) is 5.21 Å². The minimum Gasteiger partial charge on any atom is -0.355 e. The molecule has 0 bridgehead atoms. The largest absolute Gasteiger partial charge is 0.355 e. The van der Waals surface area contributed by atoms with Crippen molar-refractivity contribution in [2.24, 2.45) is 5.14 Å². The first-order chi connectivity index (χ1) is 14.9. The van der Waals surface area contributed by atoms with E-state index in [1.54, 1.807) is 30.3 Å². The summed E-state index contributed by atoms with van der Waals surface area (Å²) in [4.78, 5) is 12.8. The molecular formula is C20H17N7O3S. The van der Waals surface area contributed by atoms with Gasteiger partial charge in [0.2, 0.25) is 15.8 Å². The molecule has 0 spiro atoms. The van der Waals surface area contributed by atoms with Crippen LogP contribution in [0.5, 0.6) is 0 Å². The number of para-hydroxylation sites is 1. The molecule has 156 valence electrons. The van der Waals surface area contributed by atoms with Gasteiger partial charge >= 0.3 is 0 Å². The number of primary sulfonamides is 1. The number of nitrogens with one attached hydrogen (secondary N) is 3. The van der Waals surface area contributed by atoms with Crippen LogP contribution >= 0.6 is 0 Å². The summed E-state index contributed by atoms with van der Waals surface area (Å²) in [6.45, 7) is 0. The first kappa shape index (κ1) is 20.2. The van der Waals surface area contributed by atoms with Crippen molar-refractivity contribution in [3.63, 3.8) is 0 Å². The van der Waals surface area contributed by atoms with Crippen LogP contribution < -0.4 is 15.8 Å². The van der Waals surface area contributed by atoms with E-state index < -0.39 is 15.9 Å². The number of nitrogens with zero attached hydrogens (tertiary/aromatic N) is 3. The smallest absolute Gasteiger partial charge is 0.257 e. The maximum absolute atomic E-state index is 12.9. The highest BCUT2D eigenvalue weighted by Gasteiger charge is 2.14. The molecule has 0 radical (unpaired) electrons. The zero-order valence-electron chi connectivity index (χ0n) is 16.0. The zero-order valence-corrected chi connectivity index (χ0v) is 16.8. The van der Waals surface area contributed by atoms with Crippen molar-refractivity contribution in [3.05, 3.63) is 78.4 Å². The lowest BCUT2D eigenvalue weighted by atomic mass is 10.1. The number of carbonyl (C=O) groups excluding carboxylic acids is 1. The van der Waals surface area contributed by atoms with Crippen molar-refractivity contribution >= 4 is 33.0 Å². The summed E-state index contributed by atoms with van der Waals surface area (Å²) in [5.41, 5.74) is 2.71. The molecule has 31 heavy (non-hydrogen) atoms. The topological polar surface area (TPSA) is 156 Å². The van der Waals surface area contributed by atoms with Gasteiger partial charge in [0.15, 0.2) is 0 Å². The second-order valence-electron chi connectivity index (χ2n) is 6.51. The zero-order chi connectivity index (χ0) is 21.8. The van der Waals surface area contributed by atoms with E-state index in [4.69, 9.17) is 5.14 Å². The van der Waals surface area contributed by atoms with E-state index >= 15 is 0 Å². The van der Waals surface area contributed by atoms with Crippen LogP contribution in [0.2, 0.25) is 0 Å². The number of H-pyrrole nitrogens is 1. The number of aromatic amines is 1. The lowest BCUT2D eigenvalue weighted by Crippen LogP contribution is -2.15. The molecule has 1 aromatic heterocycles. The number of nitrogens with two attached hydrogens (primary N) is 1. The van der Waals surface area contributed by atoms with Gasteiger partial charge in [-0.1, -0.05) is 30.3 Å². The lowest BCUT2D eigenvalue weighted by Gasteiger charge is -2.13. The number of aromatic nitrogens is 4. The van der Waals surface area contributed by atoms with Crippen LogP contribution in [0.25, 0.3) is 11.4 Å². The Kier molecular flexibility index (Phi) is 5.43. The highest BCUT2D eigenvalue weighted by molar-refractivity contribution is 7.89. The number of carbonyl (C=O) groups is 1. The summed E-state index contributed by atoms with van der Waals surface area (Å²) < 4.78 is 23.1. The van der Waals surface area contributed by atoms with Crippen LogP contribution in [0.3, 0.4) is 0 Å². The van der Waals surface area contributed by atoms with Gasteiger partial charge in [0.25, 0.3) is 5.91 Å². The van der Waals surface area contributed by atoms with Crippen molar-refractivity contribution in [2.45, 2.75) is 4.90 Å². The molecule has 1 amide bonds. The predicted octanol–water partition coefficient (Wildman–Crippen LogP) is 2.51. The molecule has 0 aliphatic carbocycles. The molecule has 0 saturated heterocycles. The molecular weight excluding hydrogens is 418 g/mol. The predicted molar refractivity (Wildman–Crippen MR) is 115 cm³/mol. The van der Waals surface area contributed by atoms with E-state index in [2.05, 4.69) is 31.3 Å². The average Bonchev–Trinajstić information content (AvgIpc) is 3.29. The monoisotopic (exact) mass is 435 g/mol. The molecule has 4 aromatic rings. The Morgan fingerprint density at radius 2 is 1.71 bits per heavy atom. The van der Waals surface area contributed by atoms with Gasteiger partial charge in [0, 0.05) is 16.9 Å². The third-order valence-electron chi connectivity index (χ3n) is 4.34. The van der Waals surface area contributed by atoms with E-state index in [0.717, 1.165) is 11.3 Å². The fourth-order valence-corrected chi connectivity index (χ4v) is 3.47. The molecule has 0 atom stereocenters. The Labute approximate surface area is 177 Å². The minimum absolute atomic E-state index is 0.0880. The molecule has 0 unspecified atom stereocenters. The van der Waals surface area contributed by atoms with Crippen molar-refractivity contribution < 1.29 is 13.2 Å². The molecule has 0 aliphatic rings. The number of amides is 1. The Balaban J connectivity index is 1.58. The third-order valence-corrected chi connectivity index (χ3v) is 5.25. The number of rotatable bonds is 6. The van der Waals surface area contributed by atoms with Crippen LogP contribution in [-0.4, -0.2) is 34.9 Å². The van der Waals surface area contributed by atoms with Crippen LogP contribution in [0.4, 0.5) is 17.1 Å². The molecule has 0 aliphatic heterocycles. The molecule has 0 fully saturated rings. The maximum Gasteiger partial charge on any atom is 0.257 e. The van der Waals surface area contributed by atoms with E-state index in [1.807, 2.05) is 24.3 Å². The van der Waals surface area contributed by atoms with Crippen molar-refractivity contribution in [1.29, 1.82) is 0 Å².